The Morgan fingerprint density at radius 2 is 2.29 bits per heavy atom. The molecule has 0 heterocycles. The number of aliphatic hydroxyl groups is 1. The second kappa shape index (κ2) is 6.16. The van der Waals surface area contributed by atoms with E-state index >= 15 is 0 Å². The first kappa shape index (κ1) is 14.5. The summed E-state index contributed by atoms with van der Waals surface area (Å²) in [6, 6.07) is 8.49. The molecule has 1 saturated carbocycles. The second-order valence-corrected chi connectivity index (χ2v) is 6.14. The van der Waals surface area contributed by atoms with Crippen molar-refractivity contribution in [1.82, 2.24) is 5.32 Å². The van der Waals surface area contributed by atoms with Gasteiger partial charge in [-0.2, -0.15) is 0 Å². The van der Waals surface area contributed by atoms with E-state index in [9.17, 15) is 9.90 Å². The number of aryl methyl sites for hydroxylation is 1. The minimum absolute atomic E-state index is 0.133. The molecule has 21 heavy (non-hydrogen) atoms. The summed E-state index contributed by atoms with van der Waals surface area (Å²) < 4.78 is 4.87. The largest absolute Gasteiger partial charge is 0.391 e. The van der Waals surface area contributed by atoms with Crippen LogP contribution in [0.15, 0.2) is 24.3 Å². The third-order valence-electron chi connectivity index (χ3n) is 4.77. The fourth-order valence-electron chi connectivity index (χ4n) is 3.68. The van der Waals surface area contributed by atoms with Gasteiger partial charge >= 0.3 is 0 Å². The maximum atomic E-state index is 12.3. The van der Waals surface area contributed by atoms with Gasteiger partial charge in [0, 0.05) is 19.6 Å². The smallest absolute Gasteiger partial charge is 0.224 e. The highest BCUT2D eigenvalue weighted by atomic mass is 16.5. The Morgan fingerprint density at radius 3 is 3.10 bits per heavy atom. The van der Waals surface area contributed by atoms with Crippen molar-refractivity contribution in [3.05, 3.63) is 35.4 Å². The molecule has 0 aromatic heterocycles. The number of benzene rings is 1. The van der Waals surface area contributed by atoms with E-state index < -0.39 is 6.10 Å². The lowest BCUT2D eigenvalue weighted by atomic mass is 9.92. The van der Waals surface area contributed by atoms with Gasteiger partial charge in [0.25, 0.3) is 0 Å². The highest BCUT2D eigenvalue weighted by Gasteiger charge is 2.56. The third kappa shape index (κ3) is 2.97. The number of fused-ring (bicyclic) bond motifs is 3. The van der Waals surface area contributed by atoms with Gasteiger partial charge in [0.1, 0.15) is 0 Å². The Balaban J connectivity index is 1.52. The van der Waals surface area contributed by atoms with Crippen molar-refractivity contribution >= 4 is 5.91 Å². The lowest BCUT2D eigenvalue weighted by molar-refractivity contribution is -0.122. The van der Waals surface area contributed by atoms with Gasteiger partial charge in [-0.05, 0) is 42.2 Å². The number of rotatable bonds is 6. The molecular formula is C17H23NO3. The Morgan fingerprint density at radius 1 is 1.48 bits per heavy atom. The summed E-state index contributed by atoms with van der Waals surface area (Å²) in [5.74, 6) is 1.21. The fourth-order valence-corrected chi connectivity index (χ4v) is 3.68. The maximum absolute atomic E-state index is 12.3. The van der Waals surface area contributed by atoms with Crippen molar-refractivity contribution < 1.29 is 14.6 Å². The zero-order valence-electron chi connectivity index (χ0n) is 12.4. The molecule has 2 aliphatic rings. The summed E-state index contributed by atoms with van der Waals surface area (Å²) in [7, 11) is 1.56. The fraction of sp³-hybridized carbons (Fsp3) is 0.588. The second-order valence-electron chi connectivity index (χ2n) is 6.14. The molecule has 1 aromatic carbocycles. The van der Waals surface area contributed by atoms with Crippen molar-refractivity contribution in [1.29, 1.82) is 0 Å². The average molecular weight is 289 g/mol. The van der Waals surface area contributed by atoms with Gasteiger partial charge in [-0.15, -0.1) is 0 Å². The summed E-state index contributed by atoms with van der Waals surface area (Å²) in [5, 5.41) is 12.5. The third-order valence-corrected chi connectivity index (χ3v) is 4.77. The number of amides is 1. The molecule has 1 aromatic rings. The summed E-state index contributed by atoms with van der Waals surface area (Å²) in [6.07, 6.45) is 2.25. The van der Waals surface area contributed by atoms with Crippen LogP contribution in [0.1, 0.15) is 29.9 Å². The molecule has 0 radical (unpaired) electrons. The van der Waals surface area contributed by atoms with Crippen LogP contribution in [0.2, 0.25) is 0 Å². The first-order valence-electron chi connectivity index (χ1n) is 7.75. The lowest BCUT2D eigenvalue weighted by Gasteiger charge is -2.13. The molecule has 0 spiro atoms. The van der Waals surface area contributed by atoms with Crippen LogP contribution in [0.3, 0.4) is 0 Å². The van der Waals surface area contributed by atoms with E-state index in [-0.39, 0.29) is 11.8 Å². The average Bonchev–Trinajstić information content (AvgIpc) is 3.22. The number of hydrogen-bond donors (Lipinski definition) is 2. The molecule has 1 amide bonds. The predicted molar refractivity (Wildman–Crippen MR) is 80.0 cm³/mol. The predicted octanol–water partition coefficient (Wildman–Crippen LogP) is 1.48. The molecular weight excluding hydrogens is 266 g/mol. The maximum Gasteiger partial charge on any atom is 0.224 e. The van der Waals surface area contributed by atoms with Crippen LogP contribution in [0.25, 0.3) is 0 Å². The van der Waals surface area contributed by atoms with Gasteiger partial charge in [-0.3, -0.25) is 4.79 Å². The number of nitrogens with one attached hydrogen (secondary N) is 1. The quantitative estimate of drug-likeness (QED) is 0.834. The molecule has 2 aliphatic carbocycles. The number of ether oxygens (including phenoxy) is 1. The van der Waals surface area contributed by atoms with Crippen molar-refractivity contribution in [3.63, 3.8) is 0 Å². The Kier molecular flexibility index (Phi) is 4.27. The van der Waals surface area contributed by atoms with Crippen LogP contribution >= 0.6 is 0 Å². The summed E-state index contributed by atoms with van der Waals surface area (Å²) in [6.45, 7) is 0.832. The summed E-state index contributed by atoms with van der Waals surface area (Å²) in [4.78, 5) is 12.3. The molecule has 4 heteroatoms. The van der Waals surface area contributed by atoms with E-state index in [2.05, 4.69) is 29.6 Å². The van der Waals surface area contributed by atoms with Crippen LogP contribution in [0.4, 0.5) is 0 Å². The van der Waals surface area contributed by atoms with Crippen molar-refractivity contribution in [2.45, 2.75) is 31.3 Å². The minimum Gasteiger partial charge on any atom is -0.391 e. The van der Waals surface area contributed by atoms with Crippen LogP contribution in [0, 0.1) is 11.8 Å². The zero-order valence-corrected chi connectivity index (χ0v) is 12.4. The van der Waals surface area contributed by atoms with Crippen molar-refractivity contribution in [3.8, 4) is 0 Å². The first-order valence-corrected chi connectivity index (χ1v) is 7.75. The molecule has 4 unspecified atom stereocenters. The molecule has 0 aliphatic heterocycles. The standard InChI is InChI=1S/C17H23NO3/c1-21-10-12(19)8-9-18-17(20)16-14-7-6-11-4-2-3-5-13(11)15(14)16/h2-5,12,14-16,19H,6-10H2,1H3,(H,18,20). The van der Waals surface area contributed by atoms with Crippen LogP contribution in [-0.4, -0.2) is 37.4 Å². The Labute approximate surface area is 125 Å². The van der Waals surface area contributed by atoms with Crippen LogP contribution in [0.5, 0.6) is 0 Å². The van der Waals surface area contributed by atoms with E-state index in [0.717, 1.165) is 12.8 Å². The zero-order chi connectivity index (χ0) is 14.8. The monoisotopic (exact) mass is 289 g/mol. The van der Waals surface area contributed by atoms with E-state index in [0.29, 0.717) is 31.4 Å². The molecule has 0 bridgehead atoms. The molecule has 3 rings (SSSR count). The highest BCUT2D eigenvalue weighted by Crippen LogP contribution is 2.59. The molecule has 0 saturated heterocycles. The SMILES string of the molecule is COCC(O)CCNC(=O)C1C2CCc3ccccc3C21. The van der Waals surface area contributed by atoms with Crippen LogP contribution < -0.4 is 5.32 Å². The van der Waals surface area contributed by atoms with Crippen molar-refractivity contribution in [2.75, 3.05) is 20.3 Å². The minimum atomic E-state index is -0.502. The molecule has 4 atom stereocenters. The Hall–Kier alpha value is -1.39. The van der Waals surface area contributed by atoms with E-state index in [1.165, 1.54) is 11.1 Å². The van der Waals surface area contributed by atoms with Crippen molar-refractivity contribution in [2.24, 2.45) is 11.8 Å². The number of carbonyl (C=O) groups is 1. The number of hydrogen-bond acceptors (Lipinski definition) is 3. The van der Waals surface area contributed by atoms with Gasteiger partial charge in [0.05, 0.1) is 12.7 Å². The number of methoxy groups -OCH3 is 1. The number of aliphatic hydroxyl groups excluding tert-OH is 1. The molecule has 114 valence electrons. The van der Waals surface area contributed by atoms with Crippen LogP contribution in [-0.2, 0) is 16.0 Å². The molecule has 1 fully saturated rings. The van der Waals surface area contributed by atoms with E-state index in [4.69, 9.17) is 4.74 Å². The topological polar surface area (TPSA) is 58.6 Å². The van der Waals surface area contributed by atoms with Gasteiger partial charge in [0.2, 0.25) is 5.91 Å². The number of carbonyl (C=O) groups excluding carboxylic acids is 1. The van der Waals surface area contributed by atoms with Gasteiger partial charge in [0.15, 0.2) is 0 Å². The van der Waals surface area contributed by atoms with E-state index in [1.807, 2.05) is 0 Å². The first-order chi connectivity index (χ1) is 10.2. The Bertz CT molecular complexity index is 517. The summed E-state index contributed by atoms with van der Waals surface area (Å²) >= 11 is 0. The highest BCUT2D eigenvalue weighted by molar-refractivity contribution is 5.84. The molecule has 2 N–H and O–H groups in total. The van der Waals surface area contributed by atoms with Gasteiger partial charge in [-0.1, -0.05) is 24.3 Å². The molecule has 4 nitrogen and oxygen atoms in total. The summed E-state index contributed by atoms with van der Waals surface area (Å²) in [5.41, 5.74) is 2.78. The van der Waals surface area contributed by atoms with E-state index in [1.54, 1.807) is 7.11 Å². The lowest BCUT2D eigenvalue weighted by Crippen LogP contribution is -2.30. The van der Waals surface area contributed by atoms with Gasteiger partial charge < -0.3 is 15.2 Å². The van der Waals surface area contributed by atoms with Gasteiger partial charge in [-0.25, -0.2) is 0 Å². The normalized spacial score (nSPS) is 27.4.